The van der Waals surface area contributed by atoms with Crippen LogP contribution in [0.4, 0.5) is 0 Å². The highest BCUT2D eigenvalue weighted by Gasteiger charge is 2.12. The molecule has 4 heteroatoms. The summed E-state index contributed by atoms with van der Waals surface area (Å²) in [4.78, 5) is 0. The summed E-state index contributed by atoms with van der Waals surface area (Å²) in [7, 11) is 0. The molecule has 0 atom stereocenters. The van der Waals surface area contributed by atoms with Crippen LogP contribution in [0.1, 0.15) is 16.7 Å². The van der Waals surface area contributed by atoms with Crippen LogP contribution in [-0.2, 0) is 13.1 Å². The van der Waals surface area contributed by atoms with Gasteiger partial charge in [0.05, 0.1) is 0 Å². The van der Waals surface area contributed by atoms with Gasteiger partial charge in [0, 0.05) is 13.1 Å². The molecule has 0 spiro atoms. The van der Waals surface area contributed by atoms with E-state index < -0.39 is 0 Å². The van der Waals surface area contributed by atoms with E-state index in [0.717, 1.165) is 24.6 Å². The fourth-order valence-corrected chi connectivity index (χ4v) is 2.11. The lowest BCUT2D eigenvalue weighted by atomic mass is 10.1. The Morgan fingerprint density at radius 1 is 0.900 bits per heavy atom. The minimum atomic E-state index is 0. The highest BCUT2D eigenvalue weighted by Crippen LogP contribution is 2.32. The summed E-state index contributed by atoms with van der Waals surface area (Å²) in [6.07, 6.45) is 0. The molecule has 0 aromatic heterocycles. The lowest BCUT2D eigenvalue weighted by Crippen LogP contribution is -2.12. The number of hydrogen-bond acceptors (Lipinski definition) is 3. The molecular weight excluding hydrogens is 318 g/mol. The van der Waals surface area contributed by atoms with E-state index in [9.17, 15) is 0 Å². The molecule has 3 nitrogen and oxygen atoms in total. The van der Waals surface area contributed by atoms with E-state index in [2.05, 4.69) is 42.6 Å². The van der Waals surface area contributed by atoms with E-state index in [1.807, 2.05) is 12.1 Å². The lowest BCUT2D eigenvalue weighted by molar-refractivity contribution is 0.174. The number of aryl methyl sites for hydroxylation is 1. The minimum Gasteiger partial charge on any atom is -0.454 e. The number of benzene rings is 2. The average molecular weight is 336 g/mol. The van der Waals surface area contributed by atoms with Crippen LogP contribution < -0.4 is 14.8 Å². The van der Waals surface area contributed by atoms with E-state index in [4.69, 9.17) is 9.47 Å². The first-order valence-corrected chi connectivity index (χ1v) is 6.46. The van der Waals surface area contributed by atoms with Gasteiger partial charge < -0.3 is 14.8 Å². The third-order valence-corrected chi connectivity index (χ3v) is 3.22. The summed E-state index contributed by atoms with van der Waals surface area (Å²) in [5, 5.41) is 3.43. The maximum absolute atomic E-state index is 5.37. The predicted molar refractivity (Wildman–Crippen MR) is 84.6 cm³/mol. The molecule has 0 radical (unpaired) electrons. The molecule has 0 fully saturated rings. The number of rotatable bonds is 4. The van der Waals surface area contributed by atoms with Crippen LogP contribution in [0, 0.1) is 6.92 Å². The summed E-state index contributed by atoms with van der Waals surface area (Å²) >= 11 is 0. The minimum absolute atomic E-state index is 0. The topological polar surface area (TPSA) is 30.5 Å². The molecule has 1 N–H and O–H groups in total. The van der Waals surface area contributed by atoms with Crippen LogP contribution in [0.3, 0.4) is 0 Å². The van der Waals surface area contributed by atoms with Crippen molar-refractivity contribution < 1.29 is 9.47 Å². The smallest absolute Gasteiger partial charge is 0.231 e. The molecule has 0 aliphatic carbocycles. The predicted octanol–water partition coefficient (Wildman–Crippen LogP) is 3.59. The summed E-state index contributed by atoms with van der Waals surface area (Å²) in [6.45, 7) is 4.12. The summed E-state index contributed by atoms with van der Waals surface area (Å²) in [5.74, 6) is 1.68. The second-order valence-corrected chi connectivity index (χ2v) is 4.78. The second-order valence-electron chi connectivity index (χ2n) is 4.78. The molecule has 0 amide bonds. The van der Waals surface area contributed by atoms with Gasteiger partial charge >= 0.3 is 0 Å². The molecule has 1 aliphatic heterocycles. The molecule has 3 rings (SSSR count). The Morgan fingerprint density at radius 3 is 2.35 bits per heavy atom. The second kappa shape index (κ2) is 6.77. The summed E-state index contributed by atoms with van der Waals surface area (Å²) in [6, 6.07) is 14.6. The molecule has 0 saturated carbocycles. The number of halogens is 1. The lowest BCUT2D eigenvalue weighted by Gasteiger charge is -2.06. The third kappa shape index (κ3) is 3.52. The molecule has 106 valence electrons. The molecule has 2 aromatic rings. The first-order chi connectivity index (χ1) is 9.31. The van der Waals surface area contributed by atoms with Gasteiger partial charge in [0.25, 0.3) is 0 Å². The van der Waals surface area contributed by atoms with Crippen molar-refractivity contribution in [1.82, 2.24) is 5.32 Å². The van der Waals surface area contributed by atoms with Gasteiger partial charge in [-0.3, -0.25) is 0 Å². The molecule has 20 heavy (non-hydrogen) atoms. The molecule has 0 saturated heterocycles. The van der Waals surface area contributed by atoms with Crippen molar-refractivity contribution in [3.63, 3.8) is 0 Å². The van der Waals surface area contributed by atoms with Gasteiger partial charge in [0.2, 0.25) is 6.79 Å². The van der Waals surface area contributed by atoms with Crippen molar-refractivity contribution >= 4 is 17.0 Å². The summed E-state index contributed by atoms with van der Waals surface area (Å²) < 4.78 is 10.7. The maximum Gasteiger partial charge on any atom is 0.231 e. The van der Waals surface area contributed by atoms with E-state index in [-0.39, 0.29) is 17.0 Å². The molecule has 1 aliphatic rings. The van der Waals surface area contributed by atoms with Crippen LogP contribution in [0.25, 0.3) is 0 Å². The molecule has 1 heterocycles. The molecule has 0 unspecified atom stereocenters. The molecule has 2 aromatic carbocycles. The monoisotopic (exact) mass is 335 g/mol. The standard InChI is InChI=1S/C16H17NO2.BrH/c1-12-2-4-13(5-3-12)9-17-10-14-6-7-15-16(8-14)19-11-18-15;/h2-8,17H,9-11H2,1H3;1H. The quantitative estimate of drug-likeness (QED) is 0.926. The van der Waals surface area contributed by atoms with Gasteiger partial charge in [-0.05, 0) is 30.2 Å². The Balaban J connectivity index is 0.00000147. The normalized spacial score (nSPS) is 12.1. The number of nitrogens with one attached hydrogen (secondary N) is 1. The van der Waals surface area contributed by atoms with Crippen LogP contribution in [0.2, 0.25) is 0 Å². The Morgan fingerprint density at radius 2 is 1.55 bits per heavy atom. The maximum atomic E-state index is 5.37. The highest BCUT2D eigenvalue weighted by atomic mass is 79.9. The van der Waals surface area contributed by atoms with Crippen LogP contribution in [-0.4, -0.2) is 6.79 Å². The van der Waals surface area contributed by atoms with Gasteiger partial charge in [0.1, 0.15) is 0 Å². The van der Waals surface area contributed by atoms with Crippen molar-refractivity contribution in [3.05, 3.63) is 59.2 Å². The SMILES string of the molecule is Br.Cc1ccc(CNCc2ccc3c(c2)OCO3)cc1. The van der Waals surface area contributed by atoms with Gasteiger partial charge in [-0.25, -0.2) is 0 Å². The van der Waals surface area contributed by atoms with Gasteiger partial charge in [-0.1, -0.05) is 35.9 Å². The van der Waals surface area contributed by atoms with Crippen molar-refractivity contribution in [2.45, 2.75) is 20.0 Å². The van der Waals surface area contributed by atoms with Gasteiger partial charge in [0.15, 0.2) is 11.5 Å². The fraction of sp³-hybridized carbons (Fsp3) is 0.250. The van der Waals surface area contributed by atoms with Crippen molar-refractivity contribution in [3.8, 4) is 11.5 Å². The highest BCUT2D eigenvalue weighted by molar-refractivity contribution is 8.93. The zero-order chi connectivity index (χ0) is 13.1. The Hall–Kier alpha value is -1.52. The van der Waals surface area contributed by atoms with Crippen molar-refractivity contribution in [2.75, 3.05) is 6.79 Å². The average Bonchev–Trinajstić information content (AvgIpc) is 2.88. The van der Waals surface area contributed by atoms with E-state index in [1.54, 1.807) is 0 Å². The number of ether oxygens (including phenoxy) is 2. The van der Waals surface area contributed by atoms with Crippen molar-refractivity contribution in [1.29, 1.82) is 0 Å². The molecular formula is C16H18BrNO2. The Labute approximate surface area is 129 Å². The van der Waals surface area contributed by atoms with Gasteiger partial charge in [-0.2, -0.15) is 0 Å². The number of fused-ring (bicyclic) bond motifs is 1. The molecule has 0 bridgehead atoms. The zero-order valence-corrected chi connectivity index (χ0v) is 13.1. The first kappa shape index (κ1) is 14.9. The van der Waals surface area contributed by atoms with Crippen LogP contribution in [0.5, 0.6) is 11.5 Å². The van der Waals surface area contributed by atoms with E-state index in [0.29, 0.717) is 6.79 Å². The van der Waals surface area contributed by atoms with Crippen LogP contribution >= 0.6 is 17.0 Å². The van der Waals surface area contributed by atoms with Gasteiger partial charge in [-0.15, -0.1) is 17.0 Å². The van der Waals surface area contributed by atoms with E-state index >= 15 is 0 Å². The zero-order valence-electron chi connectivity index (χ0n) is 11.4. The van der Waals surface area contributed by atoms with Crippen molar-refractivity contribution in [2.24, 2.45) is 0 Å². The van der Waals surface area contributed by atoms with Crippen LogP contribution in [0.15, 0.2) is 42.5 Å². The van der Waals surface area contributed by atoms with E-state index in [1.165, 1.54) is 16.7 Å². The summed E-state index contributed by atoms with van der Waals surface area (Å²) in [5.41, 5.74) is 3.79. The largest absolute Gasteiger partial charge is 0.454 e. The number of hydrogen-bond donors (Lipinski definition) is 1. The third-order valence-electron chi connectivity index (χ3n) is 3.22. The Kier molecular flexibility index (Phi) is 5.04. The fourth-order valence-electron chi connectivity index (χ4n) is 2.11. The Bertz CT molecular complexity index is 569. The first-order valence-electron chi connectivity index (χ1n) is 6.46.